The number of nitrogens with one attached hydrogen (secondary N) is 3. The molecule has 0 radical (unpaired) electrons. The molecule has 15 heteroatoms. The molecule has 7 rings (SSSR count). The number of hydrogen-bond acceptors (Lipinski definition) is 11. The average molecular weight is 720 g/mol. The molecule has 2 aromatic heterocycles. The van der Waals surface area contributed by atoms with Crippen LogP contribution in [0.4, 0.5) is 6.01 Å². The Morgan fingerprint density at radius 1 is 1.18 bits per heavy atom. The average Bonchev–Trinajstić information content (AvgIpc) is 4.00. The number of carbonyl (C=O) groups is 3. The molecule has 5 atom stereocenters. The van der Waals surface area contributed by atoms with Crippen LogP contribution >= 0.6 is 0 Å². The topological polar surface area (TPSA) is 186 Å². The van der Waals surface area contributed by atoms with Crippen LogP contribution in [0.25, 0.3) is 10.8 Å². The first-order chi connectivity index (χ1) is 24.4. The van der Waals surface area contributed by atoms with Crippen molar-refractivity contribution in [3.8, 4) is 5.88 Å². The van der Waals surface area contributed by atoms with Gasteiger partial charge in [-0.2, -0.15) is 0 Å². The molecular formula is C36H45N7O7S. The summed E-state index contributed by atoms with van der Waals surface area (Å²) in [6, 6.07) is 4.56. The van der Waals surface area contributed by atoms with Crippen molar-refractivity contribution >= 4 is 44.5 Å². The zero-order valence-corrected chi connectivity index (χ0v) is 30.0. The molecule has 1 aromatic carbocycles. The number of benzene rings is 1. The van der Waals surface area contributed by atoms with E-state index in [1.54, 1.807) is 0 Å². The molecule has 272 valence electrons. The lowest BCUT2D eigenvalue weighted by atomic mass is 10.00. The van der Waals surface area contributed by atoms with Gasteiger partial charge in [-0.1, -0.05) is 44.1 Å². The van der Waals surface area contributed by atoms with Crippen molar-refractivity contribution < 1.29 is 32.0 Å². The number of aromatic nitrogens is 3. The number of ether oxygens (including phenoxy) is 1. The Morgan fingerprint density at radius 2 is 1.96 bits per heavy atom. The van der Waals surface area contributed by atoms with Gasteiger partial charge in [-0.05, 0) is 73.4 Å². The van der Waals surface area contributed by atoms with Crippen molar-refractivity contribution in [2.45, 2.75) is 108 Å². The first-order valence-electron chi connectivity index (χ1n) is 17.9. The molecule has 3 fully saturated rings. The molecule has 3 amide bonds. The van der Waals surface area contributed by atoms with E-state index in [1.165, 1.54) is 11.0 Å². The number of amides is 3. The first-order valence-corrected chi connectivity index (χ1v) is 19.4. The van der Waals surface area contributed by atoms with E-state index in [2.05, 4.69) is 57.3 Å². The van der Waals surface area contributed by atoms with E-state index in [1.807, 2.05) is 20.0 Å². The Bertz CT molecular complexity index is 1980. The van der Waals surface area contributed by atoms with E-state index in [0.29, 0.717) is 31.0 Å². The predicted octanol–water partition coefficient (Wildman–Crippen LogP) is 3.21. The number of rotatable bonds is 8. The Labute approximate surface area is 297 Å². The smallest absolute Gasteiger partial charge is 0.316 e. The van der Waals surface area contributed by atoms with Gasteiger partial charge in [0.05, 0.1) is 11.8 Å². The summed E-state index contributed by atoms with van der Waals surface area (Å²) in [5.41, 5.74) is 0.712. The van der Waals surface area contributed by atoms with E-state index >= 15 is 0 Å². The molecule has 2 aliphatic carbocycles. The summed E-state index contributed by atoms with van der Waals surface area (Å²) in [7, 11) is -3.86. The second-order valence-electron chi connectivity index (χ2n) is 14.6. The molecule has 2 aliphatic heterocycles. The number of carbonyl (C=O) groups excluding carboxylic acids is 3. The van der Waals surface area contributed by atoms with E-state index in [0.717, 1.165) is 47.6 Å². The third kappa shape index (κ3) is 6.91. The molecule has 6 bridgehead atoms. The third-order valence-electron chi connectivity index (χ3n) is 10.5. The molecule has 3 aromatic rings. The van der Waals surface area contributed by atoms with Crippen LogP contribution in [0.3, 0.4) is 0 Å². The van der Waals surface area contributed by atoms with Crippen molar-refractivity contribution in [3.63, 3.8) is 0 Å². The number of pyridine rings is 1. The molecule has 0 spiro atoms. The van der Waals surface area contributed by atoms with Gasteiger partial charge in [0.1, 0.15) is 23.7 Å². The van der Waals surface area contributed by atoms with E-state index in [9.17, 15) is 22.8 Å². The Hall–Kier alpha value is -4.53. The molecule has 1 saturated heterocycles. The summed E-state index contributed by atoms with van der Waals surface area (Å²) >= 11 is 0. The zero-order valence-electron chi connectivity index (χ0n) is 29.2. The second-order valence-corrected chi connectivity index (χ2v) is 16.5. The molecule has 2 unspecified atom stereocenters. The molecule has 14 nitrogen and oxygen atoms in total. The van der Waals surface area contributed by atoms with Crippen molar-refractivity contribution in [1.29, 1.82) is 0 Å². The van der Waals surface area contributed by atoms with Crippen molar-refractivity contribution in [3.05, 3.63) is 54.1 Å². The maximum absolute atomic E-state index is 14.4. The summed E-state index contributed by atoms with van der Waals surface area (Å²) in [5.74, 6) is -1.61. The van der Waals surface area contributed by atoms with E-state index in [4.69, 9.17) is 14.1 Å². The van der Waals surface area contributed by atoms with Crippen LogP contribution in [-0.4, -0.2) is 81.7 Å². The summed E-state index contributed by atoms with van der Waals surface area (Å²) in [5, 5.41) is 15.6. The Morgan fingerprint density at radius 3 is 2.67 bits per heavy atom. The summed E-state index contributed by atoms with van der Waals surface area (Å²) < 4.78 is 40.0. The van der Waals surface area contributed by atoms with Crippen LogP contribution in [0, 0.1) is 11.8 Å². The minimum Gasteiger partial charge on any atom is -0.472 e. The lowest BCUT2D eigenvalue weighted by Crippen LogP contribution is -2.58. The standard InChI is InChI=1S/C36H45N7O7S/c1-5-22-18-37-32-27-15-21(11-14-26(22)27)9-7-8-10-29-40-41-35(50-29)38-30(20(3)4)33(45)43-19-24(49-32)16-28(43)31(44)39-36(17-23(36)6-2)34(46)42-51(47,48)25-12-13-25/h6,11,14-15,18,20,23-25,28,30H,2,5,7-10,12-13,16-17,19H2,1,3-4H3,(H,38,41)(H,39,44)(H,42,46)/t23-,24?,28-,30-,36?/m0/s1. The number of aryl methyl sites for hydroxylation is 3. The maximum atomic E-state index is 14.4. The van der Waals surface area contributed by atoms with Gasteiger partial charge < -0.3 is 24.7 Å². The van der Waals surface area contributed by atoms with Gasteiger partial charge in [0.2, 0.25) is 33.6 Å². The Balaban J connectivity index is 1.23. The summed E-state index contributed by atoms with van der Waals surface area (Å²) in [6.45, 7) is 9.68. The highest BCUT2D eigenvalue weighted by Crippen LogP contribution is 2.45. The SMILES string of the molecule is C=C[C@H]1CC1(NC(=O)[C@@H]1CC2CN1C(=O)[C@H](C(C)C)Nc1nnc(o1)CCCCc1ccc3c(CC)cnc(c3c1)O2)C(=O)NS(=O)(=O)C1CC1. The fourth-order valence-corrected chi connectivity index (χ4v) is 8.61. The van der Waals surface area contributed by atoms with Crippen molar-refractivity contribution in [2.75, 3.05) is 11.9 Å². The molecule has 51 heavy (non-hydrogen) atoms. The monoisotopic (exact) mass is 719 g/mol. The number of hydrogen-bond donors (Lipinski definition) is 3. The summed E-state index contributed by atoms with van der Waals surface area (Å²) in [4.78, 5) is 48.4. The van der Waals surface area contributed by atoms with Crippen LogP contribution in [0.1, 0.15) is 76.3 Å². The molecule has 2 saturated carbocycles. The van der Waals surface area contributed by atoms with Crippen LogP contribution in [0.2, 0.25) is 0 Å². The normalized spacial score (nSPS) is 26.6. The van der Waals surface area contributed by atoms with E-state index in [-0.39, 0.29) is 37.2 Å². The molecule has 4 aliphatic rings. The lowest BCUT2D eigenvalue weighted by molar-refractivity contribution is -0.140. The third-order valence-corrected chi connectivity index (χ3v) is 12.4. The summed E-state index contributed by atoms with van der Waals surface area (Å²) in [6.07, 6.45) is 7.91. The number of nitrogens with zero attached hydrogens (tertiary/aromatic N) is 4. The Kier molecular flexibility index (Phi) is 9.27. The number of anilines is 1. The first kappa shape index (κ1) is 34.9. The predicted molar refractivity (Wildman–Crippen MR) is 188 cm³/mol. The van der Waals surface area contributed by atoms with Crippen molar-refractivity contribution in [1.82, 2.24) is 30.1 Å². The van der Waals surface area contributed by atoms with Crippen molar-refractivity contribution in [2.24, 2.45) is 11.8 Å². The highest BCUT2D eigenvalue weighted by atomic mass is 32.2. The highest BCUT2D eigenvalue weighted by molar-refractivity contribution is 7.91. The fraction of sp³-hybridized carbons (Fsp3) is 0.556. The largest absolute Gasteiger partial charge is 0.472 e. The van der Waals surface area contributed by atoms with Gasteiger partial charge in [-0.3, -0.25) is 19.1 Å². The molecular weight excluding hydrogens is 675 g/mol. The van der Waals surface area contributed by atoms with Crippen LogP contribution in [-0.2, 0) is 43.7 Å². The minimum absolute atomic E-state index is 0.0649. The van der Waals surface area contributed by atoms with Crippen LogP contribution in [0.15, 0.2) is 41.5 Å². The fourth-order valence-electron chi connectivity index (χ4n) is 7.25. The van der Waals surface area contributed by atoms with Gasteiger partial charge in [0.15, 0.2) is 0 Å². The minimum atomic E-state index is -3.86. The number of sulfonamides is 1. The molecule has 4 heterocycles. The van der Waals surface area contributed by atoms with E-state index < -0.39 is 56.7 Å². The van der Waals surface area contributed by atoms with Crippen LogP contribution < -0.4 is 20.1 Å². The zero-order chi connectivity index (χ0) is 36.1. The maximum Gasteiger partial charge on any atom is 0.316 e. The van der Waals surface area contributed by atoms with Gasteiger partial charge >= 0.3 is 6.01 Å². The lowest BCUT2D eigenvalue weighted by Gasteiger charge is -2.30. The van der Waals surface area contributed by atoms with Gasteiger partial charge in [0.25, 0.3) is 5.91 Å². The second kappa shape index (κ2) is 13.5. The highest BCUT2D eigenvalue weighted by Gasteiger charge is 2.62. The van der Waals surface area contributed by atoms with Gasteiger partial charge in [0, 0.05) is 30.3 Å². The van der Waals surface area contributed by atoms with Gasteiger partial charge in [-0.25, -0.2) is 13.4 Å². The molecule has 3 N–H and O–H groups in total. The van der Waals surface area contributed by atoms with Crippen LogP contribution in [0.5, 0.6) is 5.88 Å². The van der Waals surface area contributed by atoms with Gasteiger partial charge in [-0.15, -0.1) is 11.7 Å². The number of fused-ring (bicyclic) bond motifs is 5. The quantitative estimate of drug-likeness (QED) is 0.291.